The second kappa shape index (κ2) is 61.3. The zero-order valence-corrected chi connectivity index (χ0v) is 75.1. The largest absolute Gasteiger partial charge is 0.481 e. The number of fused-ring (bicyclic) bond motifs is 5. The molecule has 1 aromatic rings. The van der Waals surface area contributed by atoms with Crippen molar-refractivity contribution in [3.63, 3.8) is 0 Å². The number of carboxylic acid groups (broad SMARTS) is 1. The van der Waals surface area contributed by atoms with Gasteiger partial charge in [-0.3, -0.25) is 43.2 Å². The number of para-hydroxylation sites is 1. The van der Waals surface area contributed by atoms with E-state index in [4.69, 9.17) is 52.5 Å². The highest BCUT2D eigenvalue weighted by atomic mass is 16.7. The van der Waals surface area contributed by atoms with Gasteiger partial charge in [-0.25, -0.2) is 4.79 Å². The molecule has 0 aromatic heterocycles. The molecule has 652 valence electrons. The van der Waals surface area contributed by atoms with E-state index in [0.29, 0.717) is 57.5 Å². The Kier molecular flexibility index (Phi) is 60.2. The maximum Gasteiger partial charge on any atom is 0.347 e. The minimum atomic E-state index is -0.706. The number of methoxy groups -OCH3 is 2. The van der Waals surface area contributed by atoms with Gasteiger partial charge in [-0.05, 0) is 213 Å². The SMILES string of the molecule is CCC(C)(C)C(=O)OC1CC2CC1C1CCCC21.CCC(C)(C)C(=O)OC1CCOC1=O.CCC(C)C(=O)O.CCC(C)C(=O)OC.CCC(C)C(=O)OC1(CC)CCCCC1.CCC(C)C(=O)OCCOC.CCC(C)C(=O)Oc1ccccc1.CCCCOC(=O)C(C)CC.CCCCOC(C)OC(=O)C(C)(C)CC. The maximum atomic E-state index is 12.2. The van der Waals surface area contributed by atoms with Crippen molar-refractivity contribution in [2.24, 2.45) is 75.4 Å². The van der Waals surface area contributed by atoms with Crippen LogP contribution in [0.5, 0.6) is 5.75 Å². The number of hydrogen-bond donors (Lipinski definition) is 1. The molecule has 5 aliphatic rings. The normalized spacial score (nSPS) is 19.9. The quantitative estimate of drug-likeness (QED) is 0.0220. The third kappa shape index (κ3) is 45.2. The highest BCUT2D eigenvalue weighted by molar-refractivity contribution is 5.83. The number of carbonyl (C=O) groups excluding carboxylic acids is 9. The topological polar surface area (TPSA) is 292 Å². The van der Waals surface area contributed by atoms with Gasteiger partial charge in [0.15, 0.2) is 6.29 Å². The molecule has 22 nitrogen and oxygen atoms in total. The van der Waals surface area contributed by atoms with Gasteiger partial charge in [0.2, 0.25) is 6.10 Å². The molecule has 0 amide bonds. The number of benzene rings is 1. The van der Waals surface area contributed by atoms with E-state index in [1.165, 1.54) is 52.1 Å². The van der Waals surface area contributed by atoms with Crippen LogP contribution >= 0.6 is 0 Å². The van der Waals surface area contributed by atoms with Crippen LogP contribution in [0.2, 0.25) is 0 Å². The lowest BCUT2D eigenvalue weighted by Gasteiger charge is -2.36. The van der Waals surface area contributed by atoms with Gasteiger partial charge in [0, 0.05) is 13.5 Å². The van der Waals surface area contributed by atoms with Crippen molar-refractivity contribution in [3.8, 4) is 5.75 Å². The Morgan fingerprint density at radius 1 is 0.500 bits per heavy atom. The summed E-state index contributed by atoms with van der Waals surface area (Å²) >= 11 is 0. The Morgan fingerprint density at radius 2 is 0.955 bits per heavy atom. The molecular weight excluding hydrogens is 1430 g/mol. The average molecular weight is 1590 g/mol. The van der Waals surface area contributed by atoms with Gasteiger partial charge in [0.05, 0.1) is 85.3 Å². The number of ether oxygens (including phenoxy) is 11. The van der Waals surface area contributed by atoms with Gasteiger partial charge in [-0.2, -0.15) is 0 Å². The first kappa shape index (κ1) is 110. The number of hydrogen-bond acceptors (Lipinski definition) is 21. The number of unbranched alkanes of at least 4 members (excludes halogenated alkanes) is 2. The average Bonchev–Trinajstić information content (AvgIpc) is 1.60. The molecule has 13 unspecified atom stereocenters. The van der Waals surface area contributed by atoms with Gasteiger partial charge in [0.25, 0.3) is 0 Å². The van der Waals surface area contributed by atoms with Gasteiger partial charge in [-0.1, -0.05) is 169 Å². The lowest BCUT2D eigenvalue weighted by atomic mass is 9.80. The second-order valence-corrected chi connectivity index (χ2v) is 32.5. The Hall–Kier alpha value is -6.16. The van der Waals surface area contributed by atoms with Crippen molar-refractivity contribution in [1.29, 1.82) is 0 Å². The van der Waals surface area contributed by atoms with Gasteiger partial charge >= 0.3 is 59.7 Å². The smallest absolute Gasteiger partial charge is 0.347 e. The lowest BCUT2D eigenvalue weighted by Crippen LogP contribution is -2.38. The number of rotatable bonds is 34. The van der Waals surface area contributed by atoms with Crippen molar-refractivity contribution in [2.75, 3.05) is 47.3 Å². The van der Waals surface area contributed by atoms with Crippen molar-refractivity contribution < 1.29 is 105 Å². The molecule has 1 aliphatic heterocycles. The van der Waals surface area contributed by atoms with Crippen LogP contribution in [0.4, 0.5) is 0 Å². The number of cyclic esters (lactones) is 1. The van der Waals surface area contributed by atoms with E-state index >= 15 is 0 Å². The third-order valence-electron chi connectivity index (χ3n) is 22.5. The van der Waals surface area contributed by atoms with Crippen LogP contribution in [0.25, 0.3) is 0 Å². The Labute approximate surface area is 678 Å². The van der Waals surface area contributed by atoms with E-state index in [1.54, 1.807) is 46.9 Å². The second-order valence-electron chi connectivity index (χ2n) is 32.5. The molecule has 5 fully saturated rings. The summed E-state index contributed by atoms with van der Waals surface area (Å²) in [6.07, 6.45) is 24.5. The van der Waals surface area contributed by atoms with E-state index in [0.717, 1.165) is 120 Å². The summed E-state index contributed by atoms with van der Waals surface area (Å²) in [6, 6.07) is 9.14. The summed E-state index contributed by atoms with van der Waals surface area (Å²) in [7, 11) is 2.99. The first-order valence-electron chi connectivity index (χ1n) is 42.7. The molecule has 1 saturated heterocycles. The summed E-state index contributed by atoms with van der Waals surface area (Å²) in [5.74, 6) is 1.91. The first-order chi connectivity index (χ1) is 52.6. The van der Waals surface area contributed by atoms with Crippen molar-refractivity contribution in [3.05, 3.63) is 30.3 Å². The first-order valence-corrected chi connectivity index (χ1v) is 42.7. The van der Waals surface area contributed by atoms with Gasteiger partial charge < -0.3 is 57.2 Å². The molecule has 13 atom stereocenters. The van der Waals surface area contributed by atoms with Gasteiger partial charge in [0.1, 0.15) is 24.1 Å². The summed E-state index contributed by atoms with van der Waals surface area (Å²) in [5.41, 5.74) is -1.37. The molecule has 1 aromatic carbocycles. The maximum absolute atomic E-state index is 12.2. The number of aliphatic carboxylic acids is 1. The predicted octanol–water partition coefficient (Wildman–Crippen LogP) is 20.4. The fraction of sp³-hybridized carbons (Fsp3) is 0.822. The van der Waals surface area contributed by atoms with E-state index < -0.39 is 35.2 Å². The fourth-order valence-electron chi connectivity index (χ4n) is 11.3. The van der Waals surface area contributed by atoms with Gasteiger partial charge in [-0.15, -0.1) is 0 Å². The van der Waals surface area contributed by atoms with Crippen LogP contribution in [-0.2, 0) is 95.3 Å². The summed E-state index contributed by atoms with van der Waals surface area (Å²) in [6.45, 7) is 50.7. The van der Waals surface area contributed by atoms with Crippen LogP contribution in [0, 0.1) is 75.4 Å². The third-order valence-corrected chi connectivity index (χ3v) is 22.5. The minimum Gasteiger partial charge on any atom is -0.481 e. The number of carbonyl (C=O) groups is 10. The molecule has 4 aliphatic carbocycles. The lowest BCUT2D eigenvalue weighted by molar-refractivity contribution is -0.185. The summed E-state index contributed by atoms with van der Waals surface area (Å²) in [5, 5.41) is 8.18. The summed E-state index contributed by atoms with van der Waals surface area (Å²) in [4.78, 5) is 112. The Morgan fingerprint density at radius 3 is 1.38 bits per heavy atom. The van der Waals surface area contributed by atoms with Crippen LogP contribution in [0.15, 0.2) is 30.3 Å². The minimum absolute atomic E-state index is 0.00116. The molecule has 0 spiro atoms. The molecule has 1 heterocycles. The predicted molar refractivity (Wildman–Crippen MR) is 440 cm³/mol. The van der Waals surface area contributed by atoms with Crippen LogP contribution in [-0.4, -0.2) is 136 Å². The monoisotopic (exact) mass is 1590 g/mol. The van der Waals surface area contributed by atoms with Crippen molar-refractivity contribution in [1.82, 2.24) is 0 Å². The van der Waals surface area contributed by atoms with E-state index in [1.807, 2.05) is 136 Å². The van der Waals surface area contributed by atoms with E-state index in [-0.39, 0.29) is 100 Å². The molecule has 1 N–H and O–H groups in total. The van der Waals surface area contributed by atoms with E-state index in [2.05, 4.69) is 32.4 Å². The molecule has 6 rings (SSSR count). The highest BCUT2D eigenvalue weighted by Crippen LogP contribution is 2.59. The molecule has 112 heavy (non-hydrogen) atoms. The van der Waals surface area contributed by atoms with Crippen LogP contribution in [0.1, 0.15) is 334 Å². The zero-order valence-electron chi connectivity index (χ0n) is 75.1. The Balaban J connectivity index is -0.00000121. The highest BCUT2D eigenvalue weighted by Gasteiger charge is 2.55. The van der Waals surface area contributed by atoms with Crippen molar-refractivity contribution in [2.45, 2.75) is 358 Å². The van der Waals surface area contributed by atoms with Crippen LogP contribution in [0.3, 0.4) is 0 Å². The molecule has 22 heteroatoms. The molecular formula is C90H160O22. The van der Waals surface area contributed by atoms with Crippen LogP contribution < -0.4 is 4.74 Å². The zero-order chi connectivity index (χ0) is 86.4. The van der Waals surface area contributed by atoms with Crippen molar-refractivity contribution >= 4 is 59.7 Å². The molecule has 0 radical (unpaired) electrons. The van der Waals surface area contributed by atoms with E-state index in [9.17, 15) is 47.9 Å². The number of carboxylic acids is 1. The summed E-state index contributed by atoms with van der Waals surface area (Å²) < 4.78 is 56.1. The Bertz CT molecular complexity index is 2710. The fourth-order valence-corrected chi connectivity index (χ4v) is 11.3. The molecule has 4 saturated carbocycles. The standard InChI is InChI=1S/C16H26O2.C13H24O2.C12H24O3.C11H14O2.C10H16O4.C9H18O2.C8H16O3.C6H12O2.C5H10O2/c1-4-16(2,3)15(17)18-14-9-10-8-13(14)12-7-5-6-11(10)12;1-4-11(3)12(14)15-13(5-2)9-7-6-8-10-13;1-6-8-9-14-10(3)15-11(13)12(4,5)7-2;1-3-9(2)11(12)13-10-7-5-4-6-8-10;1-4-10(2,3)9(12)14-7-5-6-13-8(7)11;1-4-6-7-11-9(10)8(3)5-2;1-4-7(2)8(9)11-6-5-10-3;1-4-5(2)6(7)8-3;1-3-4(2)5(6)7/h10-14H,4-9H2,1-3H3;11H,4-10H2,1-3H3;10H,6-9H2,1-5H3;4-9H,3H2,1-2H3;7H,4-6H2,1-3H3;8H,4-7H2,1-3H3;7H,4-6H2,1-3H3;5H,4H2,1-3H3;4H,3H2,1-2H3,(H,6,7). The molecule has 2 bridgehead atoms. The number of esters is 9.